The molecule has 42 heavy (non-hydrogen) atoms. The van der Waals surface area contributed by atoms with Crippen molar-refractivity contribution in [2.45, 2.75) is 70.9 Å². The summed E-state index contributed by atoms with van der Waals surface area (Å²) in [7, 11) is 3.20. The van der Waals surface area contributed by atoms with Gasteiger partial charge in [-0.1, -0.05) is 44.2 Å². The van der Waals surface area contributed by atoms with Gasteiger partial charge in [0.1, 0.15) is 33.4 Å². The number of benzene rings is 1. The molecule has 3 unspecified atom stereocenters. The Morgan fingerprint density at radius 1 is 1.17 bits per heavy atom. The van der Waals surface area contributed by atoms with E-state index in [0.717, 1.165) is 17.5 Å². The predicted molar refractivity (Wildman–Crippen MR) is 168 cm³/mol. The Kier molecular flexibility index (Phi) is 9.64. The molecule has 2 saturated carbocycles. The maximum atomic E-state index is 13.6. The quantitative estimate of drug-likeness (QED) is 0.130. The second kappa shape index (κ2) is 13.2. The highest BCUT2D eigenvalue weighted by Crippen LogP contribution is 2.49. The highest BCUT2D eigenvalue weighted by Gasteiger charge is 2.48. The van der Waals surface area contributed by atoms with Crippen molar-refractivity contribution < 1.29 is 28.2 Å². The van der Waals surface area contributed by atoms with E-state index in [1.54, 1.807) is 20.3 Å². The number of hydrogen-bond acceptors (Lipinski definition) is 9. The van der Waals surface area contributed by atoms with Crippen LogP contribution in [0.4, 0.5) is 0 Å². The number of ether oxygens (including phenoxy) is 3. The smallest absolute Gasteiger partial charge is 0.322 e. The molecule has 226 valence electrons. The lowest BCUT2D eigenvalue weighted by Crippen LogP contribution is -2.41. The zero-order valence-corrected chi connectivity index (χ0v) is 26.4. The first-order valence-electron chi connectivity index (χ1n) is 14.7. The lowest BCUT2D eigenvalue weighted by Gasteiger charge is -2.30. The van der Waals surface area contributed by atoms with Crippen LogP contribution >= 0.6 is 24.0 Å². The van der Waals surface area contributed by atoms with Crippen molar-refractivity contribution in [2.75, 3.05) is 20.8 Å². The van der Waals surface area contributed by atoms with Crippen LogP contribution in [0.25, 0.3) is 17.4 Å². The van der Waals surface area contributed by atoms with E-state index in [-0.39, 0.29) is 24.5 Å². The van der Waals surface area contributed by atoms with Crippen molar-refractivity contribution in [3.63, 3.8) is 0 Å². The summed E-state index contributed by atoms with van der Waals surface area (Å²) in [6, 6.07) is 7.09. The fraction of sp³-hybridized carbons (Fsp3) is 0.531. The number of methoxy groups -OCH3 is 2. The Balaban J connectivity index is 1.37. The number of carbonyl (C=O) groups excluding carboxylic acids is 2. The Bertz CT molecular complexity index is 1350. The van der Waals surface area contributed by atoms with Crippen molar-refractivity contribution in [3.8, 4) is 22.8 Å². The van der Waals surface area contributed by atoms with E-state index < -0.39 is 6.04 Å². The molecule has 0 spiro atoms. The lowest BCUT2D eigenvalue weighted by molar-refractivity contribution is -0.145. The van der Waals surface area contributed by atoms with E-state index >= 15 is 0 Å². The van der Waals surface area contributed by atoms with Crippen LogP contribution in [-0.4, -0.2) is 54.0 Å². The van der Waals surface area contributed by atoms with Gasteiger partial charge < -0.3 is 24.4 Å². The summed E-state index contributed by atoms with van der Waals surface area (Å²) >= 11 is 7.04. The molecule has 1 amide bonds. The Morgan fingerprint density at radius 3 is 2.52 bits per heavy atom. The fourth-order valence-corrected chi connectivity index (χ4v) is 7.76. The minimum absolute atomic E-state index is 0.0393. The van der Waals surface area contributed by atoms with Crippen LogP contribution in [0.2, 0.25) is 0 Å². The molecule has 1 aromatic heterocycles. The first kappa shape index (κ1) is 30.6. The van der Waals surface area contributed by atoms with E-state index in [1.165, 1.54) is 31.0 Å². The van der Waals surface area contributed by atoms with Gasteiger partial charge in [-0.15, -0.1) is 0 Å². The minimum atomic E-state index is -0.624. The van der Waals surface area contributed by atoms with Crippen molar-refractivity contribution in [3.05, 3.63) is 40.5 Å². The molecule has 8 nitrogen and oxygen atoms in total. The molecule has 3 aliphatic rings. The van der Waals surface area contributed by atoms with Gasteiger partial charge in [-0.2, -0.15) is 0 Å². The number of nitrogens with zero attached hydrogens (tertiary/aromatic N) is 1. The normalized spacial score (nSPS) is 23.3. The Hall–Kier alpha value is -2.82. The second-order valence-corrected chi connectivity index (χ2v) is 13.6. The molecule has 4 atom stereocenters. The van der Waals surface area contributed by atoms with Gasteiger partial charge in [0, 0.05) is 23.7 Å². The van der Waals surface area contributed by atoms with Crippen LogP contribution in [-0.2, 0) is 20.7 Å². The van der Waals surface area contributed by atoms with E-state index in [0.29, 0.717) is 69.3 Å². The summed E-state index contributed by atoms with van der Waals surface area (Å²) in [4.78, 5) is 28.3. The Morgan fingerprint density at radius 2 is 1.90 bits per heavy atom. The van der Waals surface area contributed by atoms with Crippen LogP contribution in [0.3, 0.4) is 0 Å². The van der Waals surface area contributed by atoms with Crippen LogP contribution in [0, 0.1) is 17.8 Å². The molecule has 10 heteroatoms. The molecule has 2 heterocycles. The molecule has 3 fully saturated rings. The number of furan rings is 1. The van der Waals surface area contributed by atoms with Crippen molar-refractivity contribution in [2.24, 2.45) is 23.5 Å². The summed E-state index contributed by atoms with van der Waals surface area (Å²) in [5.74, 6) is 3.62. The average Bonchev–Trinajstić information content (AvgIpc) is 3.75. The molecule has 1 aromatic carbocycles. The highest BCUT2D eigenvalue weighted by atomic mass is 32.2. The van der Waals surface area contributed by atoms with Crippen molar-refractivity contribution in [1.82, 2.24) is 4.90 Å². The van der Waals surface area contributed by atoms with Crippen LogP contribution in [0.5, 0.6) is 11.5 Å². The first-order chi connectivity index (χ1) is 20.2. The predicted octanol–water partition coefficient (Wildman–Crippen LogP) is 6.20. The largest absolute Gasteiger partial charge is 0.497 e. The maximum absolute atomic E-state index is 13.6. The van der Waals surface area contributed by atoms with Crippen LogP contribution < -0.4 is 15.2 Å². The SMILES string of the molecule is COc1cc(OC)cc(-c2cc(CCCOC(=O)C(N)CC(C)C)c(C=C3SC(=S)N([C@H]4CC5CCC4C5)C3=O)o2)c1. The number of aryl methyl sites for hydroxylation is 1. The van der Waals surface area contributed by atoms with Crippen molar-refractivity contribution in [1.29, 1.82) is 0 Å². The second-order valence-electron chi connectivity index (χ2n) is 11.9. The van der Waals surface area contributed by atoms with Gasteiger partial charge in [0.2, 0.25) is 0 Å². The number of thioether (sulfide) groups is 1. The molecular formula is C32H40N2O6S2. The molecule has 1 aliphatic heterocycles. The standard InChI is InChI=1S/C32H40N2O6S2/c1-18(2)10-25(33)31(36)39-9-5-6-21-15-27(22-13-23(37-3)16-24(14-22)38-4)40-28(21)17-29-30(35)34(32(41)42-29)26-12-19-7-8-20(26)11-19/h13-20,25-26H,5-12,33H2,1-4H3/t19?,20?,25?,26-/m0/s1. The molecule has 2 bridgehead atoms. The number of esters is 1. The van der Waals surface area contributed by atoms with Gasteiger partial charge in [0.15, 0.2) is 0 Å². The summed E-state index contributed by atoms with van der Waals surface area (Å²) in [6.07, 6.45) is 8.22. The van der Waals surface area contributed by atoms with Gasteiger partial charge in [-0.25, -0.2) is 0 Å². The van der Waals surface area contributed by atoms with E-state index in [9.17, 15) is 9.59 Å². The minimum Gasteiger partial charge on any atom is -0.497 e. The lowest BCUT2D eigenvalue weighted by atomic mass is 9.94. The number of carbonyl (C=O) groups is 2. The topological polar surface area (TPSA) is 104 Å². The number of nitrogens with two attached hydrogens (primary N) is 1. The molecule has 2 aromatic rings. The molecule has 2 N–H and O–H groups in total. The van der Waals surface area contributed by atoms with Gasteiger partial charge in [-0.05, 0) is 80.0 Å². The third kappa shape index (κ3) is 6.71. The zero-order valence-electron chi connectivity index (χ0n) is 24.7. The third-order valence-electron chi connectivity index (χ3n) is 8.46. The molecular weight excluding hydrogens is 572 g/mol. The summed E-state index contributed by atoms with van der Waals surface area (Å²) in [5, 5.41) is 0. The number of fused-ring (bicyclic) bond motifs is 2. The van der Waals surface area contributed by atoms with E-state index in [1.807, 2.05) is 43.0 Å². The molecule has 1 saturated heterocycles. The van der Waals surface area contributed by atoms with Gasteiger partial charge in [0.25, 0.3) is 5.91 Å². The van der Waals surface area contributed by atoms with Crippen molar-refractivity contribution >= 4 is 46.3 Å². The van der Waals surface area contributed by atoms with Gasteiger partial charge in [-0.3, -0.25) is 14.5 Å². The van der Waals surface area contributed by atoms with Crippen LogP contribution in [0.15, 0.2) is 33.6 Å². The van der Waals surface area contributed by atoms with Crippen LogP contribution in [0.1, 0.15) is 63.7 Å². The van der Waals surface area contributed by atoms with E-state index in [4.69, 9.17) is 36.6 Å². The molecule has 2 aliphatic carbocycles. The van der Waals surface area contributed by atoms with Gasteiger partial charge >= 0.3 is 5.97 Å². The molecule has 0 radical (unpaired) electrons. The Labute approximate surface area is 257 Å². The van der Waals surface area contributed by atoms with E-state index in [2.05, 4.69) is 0 Å². The maximum Gasteiger partial charge on any atom is 0.322 e. The summed E-state index contributed by atoms with van der Waals surface area (Å²) in [6.45, 7) is 4.28. The summed E-state index contributed by atoms with van der Waals surface area (Å²) in [5.41, 5.74) is 7.66. The fourth-order valence-electron chi connectivity index (χ4n) is 6.41. The first-order valence-corrected chi connectivity index (χ1v) is 15.9. The number of hydrogen-bond donors (Lipinski definition) is 1. The number of amides is 1. The number of thiocarbonyl (C=S) groups is 1. The van der Waals surface area contributed by atoms with Gasteiger partial charge in [0.05, 0.1) is 25.7 Å². The number of rotatable bonds is 12. The summed E-state index contributed by atoms with van der Waals surface area (Å²) < 4.78 is 23.4. The third-order valence-corrected chi connectivity index (χ3v) is 9.79. The highest BCUT2D eigenvalue weighted by molar-refractivity contribution is 8.26. The zero-order chi connectivity index (χ0) is 30.0. The monoisotopic (exact) mass is 612 g/mol. The molecule has 5 rings (SSSR count). The average molecular weight is 613 g/mol.